The lowest BCUT2D eigenvalue weighted by molar-refractivity contribution is -0.121. The standard InChI is InChI=1S/C12H12ClN3O3S/c13-9-6-8(7-14)3-4-11(9)20(18,19)16-5-1-2-10(16)12(15)17/h3-4,6,10H,1-2,5H2,(H2,15,17). The number of hydrogen-bond donors (Lipinski definition) is 1. The largest absolute Gasteiger partial charge is 0.368 e. The van der Waals surface area contributed by atoms with Crippen molar-refractivity contribution in [1.29, 1.82) is 5.26 Å². The molecule has 1 fully saturated rings. The molecule has 2 rings (SSSR count). The Morgan fingerprint density at radius 3 is 2.75 bits per heavy atom. The number of amides is 1. The summed E-state index contributed by atoms with van der Waals surface area (Å²) in [5, 5.41) is 8.71. The smallest absolute Gasteiger partial charge is 0.245 e. The van der Waals surface area contributed by atoms with Gasteiger partial charge in [-0.15, -0.1) is 0 Å². The second kappa shape index (κ2) is 5.40. The van der Waals surface area contributed by atoms with Crippen LogP contribution in [0.3, 0.4) is 0 Å². The first-order chi connectivity index (χ1) is 9.37. The van der Waals surface area contributed by atoms with Crippen LogP contribution in [-0.4, -0.2) is 31.2 Å². The van der Waals surface area contributed by atoms with Crippen LogP contribution in [0.1, 0.15) is 18.4 Å². The van der Waals surface area contributed by atoms with E-state index in [1.54, 1.807) is 0 Å². The number of nitrogens with two attached hydrogens (primary N) is 1. The first kappa shape index (κ1) is 14.8. The quantitative estimate of drug-likeness (QED) is 0.893. The number of sulfonamides is 1. The highest BCUT2D eigenvalue weighted by Gasteiger charge is 2.39. The molecule has 6 nitrogen and oxygen atoms in total. The lowest BCUT2D eigenvalue weighted by Crippen LogP contribution is -2.43. The summed E-state index contributed by atoms with van der Waals surface area (Å²) in [6.07, 6.45) is 0.975. The minimum atomic E-state index is -3.90. The van der Waals surface area contributed by atoms with Crippen molar-refractivity contribution < 1.29 is 13.2 Å². The Morgan fingerprint density at radius 1 is 1.50 bits per heavy atom. The van der Waals surface area contributed by atoms with Gasteiger partial charge in [0.2, 0.25) is 15.9 Å². The van der Waals surface area contributed by atoms with Gasteiger partial charge in [0.15, 0.2) is 0 Å². The number of hydrogen-bond acceptors (Lipinski definition) is 4. The van der Waals surface area contributed by atoms with Crippen LogP contribution in [0.25, 0.3) is 0 Å². The first-order valence-corrected chi connectivity index (χ1v) is 7.70. The van der Waals surface area contributed by atoms with Crippen molar-refractivity contribution >= 4 is 27.5 Å². The maximum absolute atomic E-state index is 12.5. The molecule has 0 spiro atoms. The van der Waals surface area contributed by atoms with Crippen LogP contribution in [0.15, 0.2) is 23.1 Å². The van der Waals surface area contributed by atoms with Crippen LogP contribution in [-0.2, 0) is 14.8 Å². The highest BCUT2D eigenvalue weighted by atomic mass is 35.5. The Kier molecular flexibility index (Phi) is 3.99. The van der Waals surface area contributed by atoms with Gasteiger partial charge in [-0.3, -0.25) is 4.79 Å². The van der Waals surface area contributed by atoms with E-state index in [2.05, 4.69) is 0 Å². The fourth-order valence-corrected chi connectivity index (χ4v) is 4.40. The fourth-order valence-electron chi connectivity index (χ4n) is 2.22. The molecule has 1 aliphatic rings. The molecule has 1 heterocycles. The Morgan fingerprint density at radius 2 is 2.20 bits per heavy atom. The Bertz CT molecular complexity index is 696. The van der Waals surface area contributed by atoms with Crippen LogP contribution in [0, 0.1) is 11.3 Å². The van der Waals surface area contributed by atoms with E-state index in [0.29, 0.717) is 12.8 Å². The molecule has 1 aromatic carbocycles. The van der Waals surface area contributed by atoms with Gasteiger partial charge in [0, 0.05) is 6.54 Å². The number of nitrogens with zero attached hydrogens (tertiary/aromatic N) is 2. The zero-order chi connectivity index (χ0) is 14.9. The third kappa shape index (κ3) is 2.50. The molecule has 106 valence electrons. The number of nitriles is 1. The minimum Gasteiger partial charge on any atom is -0.368 e. The lowest BCUT2D eigenvalue weighted by atomic mass is 10.2. The molecule has 0 aliphatic carbocycles. The second-order valence-electron chi connectivity index (χ2n) is 4.43. The molecule has 1 amide bonds. The zero-order valence-electron chi connectivity index (χ0n) is 10.4. The van der Waals surface area contributed by atoms with Crippen LogP contribution in [0.2, 0.25) is 5.02 Å². The van der Waals surface area contributed by atoms with E-state index in [-0.39, 0.29) is 22.0 Å². The van der Waals surface area contributed by atoms with Gasteiger partial charge >= 0.3 is 0 Å². The van der Waals surface area contributed by atoms with Crippen molar-refractivity contribution in [3.05, 3.63) is 28.8 Å². The fraction of sp³-hybridized carbons (Fsp3) is 0.333. The minimum absolute atomic E-state index is 0.0424. The molecule has 1 saturated heterocycles. The summed E-state index contributed by atoms with van der Waals surface area (Å²) >= 11 is 5.93. The maximum atomic E-state index is 12.5. The molecule has 0 saturated carbocycles. The molecule has 1 atom stereocenters. The average Bonchev–Trinajstić information content (AvgIpc) is 2.88. The highest BCUT2D eigenvalue weighted by Crippen LogP contribution is 2.30. The van der Waals surface area contributed by atoms with E-state index in [1.807, 2.05) is 6.07 Å². The molecule has 20 heavy (non-hydrogen) atoms. The van der Waals surface area contributed by atoms with Crippen molar-refractivity contribution in [2.45, 2.75) is 23.8 Å². The van der Waals surface area contributed by atoms with Crippen molar-refractivity contribution in [3.63, 3.8) is 0 Å². The van der Waals surface area contributed by atoms with Gasteiger partial charge in [0.25, 0.3) is 0 Å². The van der Waals surface area contributed by atoms with Crippen LogP contribution < -0.4 is 5.73 Å². The number of rotatable bonds is 3. The molecule has 1 aromatic rings. The van der Waals surface area contributed by atoms with Crippen LogP contribution in [0.4, 0.5) is 0 Å². The van der Waals surface area contributed by atoms with Gasteiger partial charge in [-0.25, -0.2) is 8.42 Å². The number of benzene rings is 1. The monoisotopic (exact) mass is 313 g/mol. The number of carbonyl (C=O) groups excluding carboxylic acids is 1. The van der Waals surface area contributed by atoms with Gasteiger partial charge in [0.1, 0.15) is 10.9 Å². The van der Waals surface area contributed by atoms with Gasteiger partial charge in [0.05, 0.1) is 16.7 Å². The van der Waals surface area contributed by atoms with Gasteiger partial charge in [-0.2, -0.15) is 9.57 Å². The molecular formula is C12H12ClN3O3S. The Hall–Kier alpha value is -1.62. The topological polar surface area (TPSA) is 104 Å². The van der Waals surface area contributed by atoms with E-state index in [4.69, 9.17) is 22.6 Å². The summed E-state index contributed by atoms with van der Waals surface area (Å²) in [6.45, 7) is 0.228. The van der Waals surface area contributed by atoms with E-state index >= 15 is 0 Å². The molecule has 0 radical (unpaired) electrons. The third-order valence-electron chi connectivity index (χ3n) is 3.18. The molecular weight excluding hydrogens is 302 g/mol. The molecule has 8 heteroatoms. The molecule has 0 aromatic heterocycles. The first-order valence-electron chi connectivity index (χ1n) is 5.88. The average molecular weight is 314 g/mol. The summed E-state index contributed by atoms with van der Waals surface area (Å²) < 4.78 is 26.1. The second-order valence-corrected chi connectivity index (χ2v) is 6.70. The van der Waals surface area contributed by atoms with Crippen LogP contribution >= 0.6 is 11.6 Å². The SMILES string of the molecule is N#Cc1ccc(S(=O)(=O)N2CCCC2C(N)=O)c(Cl)c1. The molecule has 1 aliphatic heterocycles. The zero-order valence-corrected chi connectivity index (χ0v) is 12.0. The molecule has 0 bridgehead atoms. The summed E-state index contributed by atoms with van der Waals surface area (Å²) in [5.41, 5.74) is 5.49. The van der Waals surface area contributed by atoms with Gasteiger partial charge in [-0.1, -0.05) is 11.6 Å². The normalized spacial score (nSPS) is 19.7. The van der Waals surface area contributed by atoms with Crippen molar-refractivity contribution in [2.75, 3.05) is 6.54 Å². The lowest BCUT2D eigenvalue weighted by Gasteiger charge is -2.22. The van der Waals surface area contributed by atoms with Crippen molar-refractivity contribution in [3.8, 4) is 6.07 Å². The third-order valence-corrected chi connectivity index (χ3v) is 5.57. The summed E-state index contributed by atoms with van der Waals surface area (Å²) in [7, 11) is -3.90. The summed E-state index contributed by atoms with van der Waals surface area (Å²) in [5.74, 6) is -0.671. The Labute approximate surface area is 121 Å². The van der Waals surface area contributed by atoms with E-state index in [9.17, 15) is 13.2 Å². The molecule has 2 N–H and O–H groups in total. The van der Waals surface area contributed by atoms with E-state index < -0.39 is 22.0 Å². The van der Waals surface area contributed by atoms with Crippen molar-refractivity contribution in [2.24, 2.45) is 5.73 Å². The summed E-state index contributed by atoms with van der Waals surface area (Å²) in [6, 6.07) is 4.96. The molecule has 1 unspecified atom stereocenters. The number of halogens is 1. The van der Waals surface area contributed by atoms with E-state index in [0.717, 1.165) is 4.31 Å². The van der Waals surface area contributed by atoms with Gasteiger partial charge < -0.3 is 5.73 Å². The summed E-state index contributed by atoms with van der Waals surface area (Å²) in [4.78, 5) is 11.2. The van der Waals surface area contributed by atoms with Crippen molar-refractivity contribution in [1.82, 2.24) is 4.31 Å². The number of carbonyl (C=O) groups is 1. The van der Waals surface area contributed by atoms with E-state index in [1.165, 1.54) is 18.2 Å². The van der Waals surface area contributed by atoms with Crippen LogP contribution in [0.5, 0.6) is 0 Å². The van der Waals surface area contributed by atoms with Gasteiger partial charge in [-0.05, 0) is 31.0 Å². The highest BCUT2D eigenvalue weighted by molar-refractivity contribution is 7.89. The maximum Gasteiger partial charge on any atom is 0.245 e. The Balaban J connectivity index is 2.46. The predicted octanol–water partition coefficient (Wildman–Crippen LogP) is 0.850. The predicted molar refractivity (Wildman–Crippen MR) is 72.3 cm³/mol. The number of primary amides is 1.